The van der Waals surface area contributed by atoms with E-state index >= 15 is 0 Å². The van der Waals surface area contributed by atoms with Gasteiger partial charge in [0.2, 0.25) is 0 Å². The van der Waals surface area contributed by atoms with E-state index in [9.17, 15) is 10.2 Å². The maximum absolute atomic E-state index is 10.9. The number of hydrogen-bond donors (Lipinski definition) is 3. The van der Waals surface area contributed by atoms with Crippen LogP contribution in [0.1, 0.15) is 40.5 Å². The predicted octanol–water partition coefficient (Wildman–Crippen LogP) is 2.03. The topological polar surface area (TPSA) is 60.7 Å². The lowest BCUT2D eigenvalue weighted by molar-refractivity contribution is -0.127. The van der Waals surface area contributed by atoms with Gasteiger partial charge in [-0.05, 0) is 31.1 Å². The third-order valence-corrected chi connectivity index (χ3v) is 4.22. The summed E-state index contributed by atoms with van der Waals surface area (Å²) in [4.78, 5) is 0. The van der Waals surface area contributed by atoms with Crippen LogP contribution in [0.3, 0.4) is 0 Å². The zero-order chi connectivity index (χ0) is 14.0. The monoisotopic (exact) mass is 254 g/mol. The molecule has 0 amide bonds. The summed E-state index contributed by atoms with van der Waals surface area (Å²) in [6, 6.07) is 0. The van der Waals surface area contributed by atoms with Crippen LogP contribution in [-0.4, -0.2) is 33.6 Å². The zero-order valence-electron chi connectivity index (χ0n) is 11.8. The first-order valence-corrected chi connectivity index (χ1v) is 6.60. The Morgan fingerprint density at radius 1 is 1.39 bits per heavy atom. The molecule has 3 nitrogen and oxygen atoms in total. The van der Waals surface area contributed by atoms with E-state index in [2.05, 4.69) is 0 Å². The van der Waals surface area contributed by atoms with Crippen LogP contribution >= 0.6 is 0 Å². The largest absolute Gasteiger partial charge is 0.393 e. The van der Waals surface area contributed by atoms with Gasteiger partial charge in [-0.2, -0.15) is 0 Å². The third-order valence-electron chi connectivity index (χ3n) is 4.22. The molecule has 0 aromatic carbocycles. The minimum absolute atomic E-state index is 0.00621. The molecule has 1 aliphatic rings. The van der Waals surface area contributed by atoms with Crippen LogP contribution in [0.2, 0.25) is 0 Å². The van der Waals surface area contributed by atoms with Gasteiger partial charge in [0.05, 0.1) is 18.3 Å². The Morgan fingerprint density at radius 2 is 2.00 bits per heavy atom. The van der Waals surface area contributed by atoms with Gasteiger partial charge in [-0.25, -0.2) is 0 Å². The molecule has 3 atom stereocenters. The second-order valence-electron chi connectivity index (χ2n) is 6.17. The molecule has 0 bridgehead atoms. The number of hydrogen-bond acceptors (Lipinski definition) is 3. The Bertz CT molecular complexity index is 344. The van der Waals surface area contributed by atoms with Crippen molar-refractivity contribution in [2.75, 3.05) is 6.61 Å². The molecular weight excluding hydrogens is 228 g/mol. The van der Waals surface area contributed by atoms with Crippen LogP contribution < -0.4 is 0 Å². The number of aliphatic hydroxyl groups excluding tert-OH is 2. The smallest absolute Gasteiger partial charge is 0.0908 e. The van der Waals surface area contributed by atoms with Crippen molar-refractivity contribution in [1.29, 1.82) is 0 Å². The van der Waals surface area contributed by atoms with Crippen molar-refractivity contribution in [2.24, 2.45) is 11.3 Å². The lowest BCUT2D eigenvalue weighted by Gasteiger charge is -2.50. The zero-order valence-corrected chi connectivity index (χ0v) is 11.8. The van der Waals surface area contributed by atoms with Gasteiger partial charge in [0.15, 0.2) is 0 Å². The van der Waals surface area contributed by atoms with E-state index in [1.165, 1.54) is 0 Å². The van der Waals surface area contributed by atoms with Crippen molar-refractivity contribution in [1.82, 2.24) is 0 Å². The molecule has 0 aliphatic heterocycles. The van der Waals surface area contributed by atoms with Gasteiger partial charge in [-0.15, -0.1) is 0 Å². The second-order valence-corrected chi connectivity index (χ2v) is 6.17. The first kappa shape index (κ1) is 15.4. The molecule has 0 heterocycles. The predicted molar refractivity (Wildman–Crippen MR) is 73.1 cm³/mol. The molecule has 0 saturated heterocycles. The molecule has 3 heteroatoms. The summed E-state index contributed by atoms with van der Waals surface area (Å²) >= 11 is 0. The quantitative estimate of drug-likeness (QED) is 0.675. The van der Waals surface area contributed by atoms with Crippen molar-refractivity contribution in [2.45, 2.75) is 52.2 Å². The third kappa shape index (κ3) is 3.02. The maximum Gasteiger partial charge on any atom is 0.0908 e. The van der Waals surface area contributed by atoms with Gasteiger partial charge in [0.25, 0.3) is 0 Å². The molecule has 104 valence electrons. The van der Waals surface area contributed by atoms with Gasteiger partial charge in [-0.1, -0.05) is 44.6 Å². The van der Waals surface area contributed by atoms with Gasteiger partial charge < -0.3 is 15.3 Å². The Hall–Kier alpha value is -0.640. The summed E-state index contributed by atoms with van der Waals surface area (Å²) in [5, 5.41) is 29.6. The molecule has 0 spiro atoms. The second kappa shape index (κ2) is 5.55. The molecule has 0 aromatic rings. The molecule has 18 heavy (non-hydrogen) atoms. The van der Waals surface area contributed by atoms with Crippen LogP contribution in [0.25, 0.3) is 0 Å². The van der Waals surface area contributed by atoms with E-state index < -0.39 is 5.60 Å². The van der Waals surface area contributed by atoms with Crippen LogP contribution in [0.15, 0.2) is 23.8 Å². The fraction of sp³-hybridized carbons (Fsp3) is 0.733. The number of allylic oxidation sites excluding steroid dienone is 2. The summed E-state index contributed by atoms with van der Waals surface area (Å²) in [5.41, 5.74) is -0.350. The van der Waals surface area contributed by atoms with Crippen molar-refractivity contribution in [3.8, 4) is 0 Å². The normalized spacial score (nSPS) is 37.2. The SMILES string of the molecule is CC(=C/CO)/C=C/[C@]1(O)[C@H](C)C[C@@H](O)CC1(C)C. The van der Waals surface area contributed by atoms with Gasteiger partial charge in [0.1, 0.15) is 0 Å². The van der Waals surface area contributed by atoms with Crippen molar-refractivity contribution in [3.63, 3.8) is 0 Å². The van der Waals surface area contributed by atoms with E-state index in [1.54, 1.807) is 6.08 Å². The lowest BCUT2D eigenvalue weighted by atomic mass is 9.60. The maximum atomic E-state index is 10.9. The Balaban J connectivity index is 2.98. The number of aliphatic hydroxyl groups is 3. The van der Waals surface area contributed by atoms with E-state index in [1.807, 2.05) is 39.8 Å². The Kier molecular flexibility index (Phi) is 4.76. The molecule has 1 fully saturated rings. The average molecular weight is 254 g/mol. The summed E-state index contributed by atoms with van der Waals surface area (Å²) in [6.45, 7) is 7.85. The van der Waals surface area contributed by atoms with E-state index in [0.29, 0.717) is 12.8 Å². The van der Waals surface area contributed by atoms with Gasteiger partial charge in [0, 0.05) is 0 Å². The molecule has 0 aromatic heterocycles. The van der Waals surface area contributed by atoms with Crippen molar-refractivity contribution in [3.05, 3.63) is 23.8 Å². The molecule has 1 saturated carbocycles. The summed E-state index contributed by atoms with van der Waals surface area (Å²) < 4.78 is 0. The standard InChI is InChI=1S/C15H26O3/c1-11(6-8-16)5-7-15(18)12(2)9-13(17)10-14(15,3)4/h5-7,12-13,16-18H,8-10H2,1-4H3/b7-5+,11-6-/t12-,13-,15+/m1/s1. The van der Waals surface area contributed by atoms with Gasteiger partial charge in [-0.3, -0.25) is 0 Å². The van der Waals surface area contributed by atoms with Crippen LogP contribution in [0.5, 0.6) is 0 Å². The fourth-order valence-corrected chi connectivity index (χ4v) is 2.95. The molecular formula is C15H26O3. The van der Waals surface area contributed by atoms with Crippen LogP contribution in [0, 0.1) is 11.3 Å². The highest BCUT2D eigenvalue weighted by Crippen LogP contribution is 2.48. The van der Waals surface area contributed by atoms with Crippen molar-refractivity contribution < 1.29 is 15.3 Å². The van der Waals surface area contributed by atoms with Crippen molar-refractivity contribution >= 4 is 0 Å². The molecule has 0 unspecified atom stereocenters. The highest BCUT2D eigenvalue weighted by atomic mass is 16.3. The Labute approximate surface area is 110 Å². The summed E-state index contributed by atoms with van der Waals surface area (Å²) in [5.74, 6) is 0.00873. The molecule has 0 radical (unpaired) electrons. The average Bonchev–Trinajstić information content (AvgIpc) is 2.23. The minimum atomic E-state index is -0.920. The highest BCUT2D eigenvalue weighted by Gasteiger charge is 2.50. The lowest BCUT2D eigenvalue weighted by Crippen LogP contribution is -2.54. The van der Waals surface area contributed by atoms with Crippen LogP contribution in [-0.2, 0) is 0 Å². The summed E-state index contributed by atoms with van der Waals surface area (Å²) in [7, 11) is 0. The van der Waals surface area contributed by atoms with Crippen LogP contribution in [0.4, 0.5) is 0 Å². The molecule has 1 rings (SSSR count). The summed E-state index contributed by atoms with van der Waals surface area (Å²) in [6.07, 6.45) is 6.26. The fourth-order valence-electron chi connectivity index (χ4n) is 2.95. The van der Waals surface area contributed by atoms with E-state index in [4.69, 9.17) is 5.11 Å². The first-order chi connectivity index (χ1) is 8.23. The van der Waals surface area contributed by atoms with E-state index in [0.717, 1.165) is 5.57 Å². The number of rotatable bonds is 3. The first-order valence-electron chi connectivity index (χ1n) is 6.60. The van der Waals surface area contributed by atoms with E-state index in [-0.39, 0.29) is 24.0 Å². The molecule has 3 N–H and O–H groups in total. The highest BCUT2D eigenvalue weighted by molar-refractivity contribution is 5.23. The minimum Gasteiger partial charge on any atom is -0.393 e. The Morgan fingerprint density at radius 3 is 2.50 bits per heavy atom. The van der Waals surface area contributed by atoms with Gasteiger partial charge >= 0.3 is 0 Å². The molecule has 1 aliphatic carbocycles.